The topological polar surface area (TPSA) is 85.8 Å². The molecule has 4 rings (SSSR count). The van der Waals surface area contributed by atoms with Crippen molar-refractivity contribution >= 4 is 29.5 Å². The molecule has 8 nitrogen and oxygen atoms in total. The lowest BCUT2D eigenvalue weighted by atomic mass is 9.87. The van der Waals surface area contributed by atoms with Gasteiger partial charge in [-0.05, 0) is 67.5 Å². The Bertz CT molecular complexity index is 1100. The van der Waals surface area contributed by atoms with Gasteiger partial charge in [0, 0.05) is 25.8 Å². The second-order valence-electron chi connectivity index (χ2n) is 10.5. The largest absolute Gasteiger partial charge is 0.332 e. The summed E-state index contributed by atoms with van der Waals surface area (Å²) in [4.78, 5) is 47.9. The summed E-state index contributed by atoms with van der Waals surface area (Å²) in [6.07, 6.45) is 3.63. The number of rotatable bonds is 4. The lowest BCUT2D eigenvalue weighted by Crippen LogP contribution is -2.43. The molecule has 0 atom stereocenters. The minimum atomic E-state index is -1.01. The average Bonchev–Trinajstić information content (AvgIpc) is 3.37. The molecule has 0 unspecified atom stereocenters. The molecule has 180 valence electrons. The van der Waals surface area contributed by atoms with Gasteiger partial charge in [0.15, 0.2) is 0 Å². The third-order valence-electron chi connectivity index (χ3n) is 6.61. The fraction of sp³-hybridized carbons (Fsp3) is 0.462. The summed E-state index contributed by atoms with van der Waals surface area (Å²) >= 11 is 0. The Kier molecular flexibility index (Phi) is 6.10. The Labute approximate surface area is 200 Å². The lowest BCUT2D eigenvalue weighted by molar-refractivity contribution is -0.123. The van der Waals surface area contributed by atoms with Crippen LogP contribution in [0.1, 0.15) is 58.6 Å². The van der Waals surface area contributed by atoms with Crippen LogP contribution in [-0.4, -0.2) is 51.4 Å². The maximum absolute atomic E-state index is 13.4. The first kappa shape index (κ1) is 23.7. The smallest absolute Gasteiger partial charge is 0.324 e. The molecule has 2 fully saturated rings. The van der Waals surface area contributed by atoms with E-state index in [9.17, 15) is 14.4 Å². The Morgan fingerprint density at radius 3 is 2.32 bits per heavy atom. The van der Waals surface area contributed by atoms with Gasteiger partial charge in [-0.15, -0.1) is 0 Å². The van der Waals surface area contributed by atoms with E-state index in [4.69, 9.17) is 0 Å². The number of nitrogens with zero attached hydrogens (tertiary/aromatic N) is 4. The Balaban J connectivity index is 1.52. The number of amides is 5. The van der Waals surface area contributed by atoms with Gasteiger partial charge in [-0.3, -0.25) is 10.1 Å². The number of benzene rings is 1. The second kappa shape index (κ2) is 8.74. The van der Waals surface area contributed by atoms with E-state index in [1.807, 2.05) is 24.3 Å². The standard InChI is InChI=1S/C26H33N5O3/c1-25(2,3)19-8-10-20(11-9-19)31-22(32)26(4,5)30(24(31)34)17-18-12-13-27-21(16-18)28-23(33)29-14-6-7-15-29/h8-13,16H,6-7,14-15,17H2,1-5H3,(H,27,28,33). The molecule has 1 N–H and O–H groups in total. The zero-order valence-corrected chi connectivity index (χ0v) is 20.6. The number of aromatic nitrogens is 1. The van der Waals surface area contributed by atoms with Gasteiger partial charge in [0.1, 0.15) is 11.4 Å². The van der Waals surface area contributed by atoms with Crippen LogP contribution in [0.15, 0.2) is 42.6 Å². The van der Waals surface area contributed by atoms with Crippen molar-refractivity contribution in [3.8, 4) is 0 Å². The Hall–Kier alpha value is -3.42. The summed E-state index contributed by atoms with van der Waals surface area (Å²) in [5.41, 5.74) is 1.44. The molecular weight excluding hydrogens is 430 g/mol. The van der Waals surface area contributed by atoms with E-state index in [1.165, 1.54) is 4.90 Å². The highest BCUT2D eigenvalue weighted by atomic mass is 16.2. The molecule has 8 heteroatoms. The summed E-state index contributed by atoms with van der Waals surface area (Å²) in [7, 11) is 0. The molecule has 0 bridgehead atoms. The minimum Gasteiger partial charge on any atom is -0.324 e. The van der Waals surface area contributed by atoms with Gasteiger partial charge < -0.3 is 9.80 Å². The maximum Gasteiger partial charge on any atom is 0.332 e. The lowest BCUT2D eigenvalue weighted by Gasteiger charge is -2.27. The third kappa shape index (κ3) is 4.49. The summed E-state index contributed by atoms with van der Waals surface area (Å²) in [6.45, 7) is 11.6. The van der Waals surface area contributed by atoms with Crippen LogP contribution < -0.4 is 10.2 Å². The maximum atomic E-state index is 13.4. The highest BCUT2D eigenvalue weighted by molar-refractivity contribution is 6.22. The summed E-state index contributed by atoms with van der Waals surface area (Å²) in [5, 5.41) is 2.84. The van der Waals surface area contributed by atoms with Crippen molar-refractivity contribution in [2.24, 2.45) is 0 Å². The van der Waals surface area contributed by atoms with Crippen molar-refractivity contribution in [1.29, 1.82) is 0 Å². The fourth-order valence-electron chi connectivity index (χ4n) is 4.37. The number of hydrogen-bond donors (Lipinski definition) is 1. The van der Waals surface area contributed by atoms with Gasteiger partial charge in [-0.25, -0.2) is 19.5 Å². The first-order chi connectivity index (χ1) is 16.0. The number of urea groups is 2. The van der Waals surface area contributed by atoms with Crippen LogP contribution in [0.2, 0.25) is 0 Å². The summed E-state index contributed by atoms with van der Waals surface area (Å²) < 4.78 is 0. The number of nitrogens with one attached hydrogen (secondary N) is 1. The molecule has 34 heavy (non-hydrogen) atoms. The van der Waals surface area contributed by atoms with E-state index in [1.54, 1.807) is 42.0 Å². The number of imide groups is 1. The molecule has 0 aliphatic carbocycles. The van der Waals surface area contributed by atoms with Gasteiger partial charge in [0.05, 0.1) is 5.69 Å². The van der Waals surface area contributed by atoms with Crippen LogP contribution in [0.3, 0.4) is 0 Å². The van der Waals surface area contributed by atoms with Crippen molar-refractivity contribution in [2.45, 2.75) is 65.0 Å². The molecule has 2 aliphatic heterocycles. The van der Waals surface area contributed by atoms with Gasteiger partial charge in [0.25, 0.3) is 5.91 Å². The van der Waals surface area contributed by atoms with E-state index in [2.05, 4.69) is 31.1 Å². The van der Waals surface area contributed by atoms with Gasteiger partial charge in [-0.1, -0.05) is 32.9 Å². The average molecular weight is 464 g/mol. The molecule has 0 saturated carbocycles. The normalized spacial score (nSPS) is 18.1. The molecule has 0 spiro atoms. The van der Waals surface area contributed by atoms with Crippen molar-refractivity contribution in [2.75, 3.05) is 23.3 Å². The molecule has 2 aromatic rings. The van der Waals surface area contributed by atoms with Crippen molar-refractivity contribution in [1.82, 2.24) is 14.8 Å². The van der Waals surface area contributed by atoms with Crippen LogP contribution in [0.5, 0.6) is 0 Å². The molecule has 2 saturated heterocycles. The molecule has 2 aliphatic rings. The molecule has 0 radical (unpaired) electrons. The second-order valence-corrected chi connectivity index (χ2v) is 10.5. The third-order valence-corrected chi connectivity index (χ3v) is 6.61. The zero-order valence-electron chi connectivity index (χ0n) is 20.6. The highest BCUT2D eigenvalue weighted by Crippen LogP contribution is 2.34. The van der Waals surface area contributed by atoms with E-state index < -0.39 is 5.54 Å². The highest BCUT2D eigenvalue weighted by Gasteiger charge is 2.51. The number of likely N-dealkylation sites (tertiary alicyclic amines) is 1. The summed E-state index contributed by atoms with van der Waals surface area (Å²) in [6, 6.07) is 10.6. The molecular formula is C26H33N5O3. The van der Waals surface area contributed by atoms with Crippen molar-refractivity contribution < 1.29 is 14.4 Å². The Morgan fingerprint density at radius 1 is 1.06 bits per heavy atom. The summed E-state index contributed by atoms with van der Waals surface area (Å²) in [5.74, 6) is 0.164. The van der Waals surface area contributed by atoms with Crippen LogP contribution in [0.4, 0.5) is 21.1 Å². The first-order valence-electron chi connectivity index (χ1n) is 11.8. The monoisotopic (exact) mass is 463 g/mol. The predicted octanol–water partition coefficient (Wildman–Crippen LogP) is 4.75. The van der Waals surface area contributed by atoms with Gasteiger partial charge in [-0.2, -0.15) is 0 Å². The SMILES string of the molecule is CC(C)(C)c1ccc(N2C(=O)N(Cc3ccnc(NC(=O)N4CCCC4)c3)C(C)(C)C2=O)cc1. The predicted molar refractivity (Wildman–Crippen MR) is 132 cm³/mol. The number of pyridine rings is 1. The van der Waals surface area contributed by atoms with E-state index in [0.717, 1.165) is 37.1 Å². The Morgan fingerprint density at radius 2 is 1.71 bits per heavy atom. The number of anilines is 2. The number of carbonyl (C=O) groups excluding carboxylic acids is 3. The number of carbonyl (C=O) groups is 3. The molecule has 1 aromatic heterocycles. The molecule has 5 amide bonds. The van der Waals surface area contributed by atoms with Crippen LogP contribution in [-0.2, 0) is 16.8 Å². The van der Waals surface area contributed by atoms with Crippen molar-refractivity contribution in [3.63, 3.8) is 0 Å². The molecule has 3 heterocycles. The van der Waals surface area contributed by atoms with E-state index in [0.29, 0.717) is 11.5 Å². The fourth-order valence-corrected chi connectivity index (χ4v) is 4.37. The van der Waals surface area contributed by atoms with Gasteiger partial charge in [0.2, 0.25) is 0 Å². The quantitative estimate of drug-likeness (QED) is 0.663. The zero-order chi connectivity index (χ0) is 24.7. The van der Waals surface area contributed by atoms with E-state index in [-0.39, 0.29) is 29.9 Å². The van der Waals surface area contributed by atoms with Crippen LogP contribution in [0, 0.1) is 0 Å². The number of hydrogen-bond acceptors (Lipinski definition) is 4. The van der Waals surface area contributed by atoms with Crippen molar-refractivity contribution in [3.05, 3.63) is 53.7 Å². The first-order valence-corrected chi connectivity index (χ1v) is 11.8. The van der Waals surface area contributed by atoms with Gasteiger partial charge >= 0.3 is 12.1 Å². The minimum absolute atomic E-state index is 0.0217. The van der Waals surface area contributed by atoms with Crippen LogP contribution in [0.25, 0.3) is 0 Å². The molecule has 1 aromatic carbocycles. The van der Waals surface area contributed by atoms with Crippen LogP contribution >= 0.6 is 0 Å². The van der Waals surface area contributed by atoms with E-state index >= 15 is 0 Å².